The molecular formula is C12H14ClN3O. The van der Waals surface area contributed by atoms with E-state index in [9.17, 15) is 0 Å². The van der Waals surface area contributed by atoms with Crippen LogP contribution in [0.15, 0.2) is 22.7 Å². The van der Waals surface area contributed by atoms with Crippen LogP contribution < -0.4 is 11.1 Å². The van der Waals surface area contributed by atoms with Crippen molar-refractivity contribution in [3.63, 3.8) is 0 Å². The predicted molar refractivity (Wildman–Crippen MR) is 69.2 cm³/mol. The molecule has 3 N–H and O–H groups in total. The van der Waals surface area contributed by atoms with Crippen LogP contribution in [0.25, 0.3) is 0 Å². The molecular weight excluding hydrogens is 238 g/mol. The van der Waals surface area contributed by atoms with E-state index < -0.39 is 0 Å². The second-order valence-corrected chi connectivity index (χ2v) is 4.32. The maximum Gasteiger partial charge on any atom is 0.138 e. The van der Waals surface area contributed by atoms with Crippen molar-refractivity contribution in [3.05, 3.63) is 40.2 Å². The molecule has 0 saturated heterocycles. The molecule has 1 aromatic heterocycles. The van der Waals surface area contributed by atoms with Crippen LogP contribution in [0.3, 0.4) is 0 Å². The normalized spacial score (nSPS) is 10.5. The maximum atomic E-state index is 5.85. The van der Waals surface area contributed by atoms with E-state index in [1.807, 2.05) is 19.9 Å². The third-order valence-corrected chi connectivity index (χ3v) is 2.89. The Hall–Kier alpha value is -1.68. The standard InChI is InChI=1S/C12H14ClN3O/c1-7-10(8(2)17-16-7)6-15-12-4-3-9(13)5-11(12)14/h3-5,15H,6,14H2,1-2H3. The monoisotopic (exact) mass is 251 g/mol. The summed E-state index contributed by atoms with van der Waals surface area (Å²) in [7, 11) is 0. The van der Waals surface area contributed by atoms with E-state index in [0.29, 0.717) is 17.3 Å². The van der Waals surface area contributed by atoms with Crippen molar-refractivity contribution >= 4 is 23.0 Å². The summed E-state index contributed by atoms with van der Waals surface area (Å²) in [5, 5.41) is 7.77. The van der Waals surface area contributed by atoms with Gasteiger partial charge in [0.2, 0.25) is 0 Å². The lowest BCUT2D eigenvalue weighted by molar-refractivity contribution is 0.392. The van der Waals surface area contributed by atoms with Gasteiger partial charge in [-0.25, -0.2) is 0 Å². The van der Waals surface area contributed by atoms with Crippen LogP contribution in [-0.2, 0) is 6.54 Å². The van der Waals surface area contributed by atoms with Crippen molar-refractivity contribution in [2.45, 2.75) is 20.4 Å². The summed E-state index contributed by atoms with van der Waals surface area (Å²) < 4.78 is 5.09. The number of aromatic nitrogens is 1. The Morgan fingerprint density at radius 1 is 1.41 bits per heavy atom. The van der Waals surface area contributed by atoms with Gasteiger partial charge in [0.15, 0.2) is 0 Å². The Kier molecular flexibility index (Phi) is 3.24. The number of halogens is 1. The molecule has 0 amide bonds. The van der Waals surface area contributed by atoms with Gasteiger partial charge in [0.1, 0.15) is 5.76 Å². The second kappa shape index (κ2) is 4.67. The average Bonchev–Trinajstić information content (AvgIpc) is 2.58. The summed E-state index contributed by atoms with van der Waals surface area (Å²) in [5.74, 6) is 0.822. The molecule has 0 radical (unpaired) electrons. The molecule has 0 atom stereocenters. The number of nitrogens with zero attached hydrogens (tertiary/aromatic N) is 1. The smallest absolute Gasteiger partial charge is 0.138 e. The average molecular weight is 252 g/mol. The second-order valence-electron chi connectivity index (χ2n) is 3.89. The van der Waals surface area contributed by atoms with Gasteiger partial charge in [0.25, 0.3) is 0 Å². The molecule has 1 heterocycles. The first-order valence-corrected chi connectivity index (χ1v) is 5.66. The molecule has 0 aliphatic rings. The molecule has 90 valence electrons. The SMILES string of the molecule is Cc1noc(C)c1CNc1ccc(Cl)cc1N. The molecule has 2 rings (SSSR count). The fraction of sp³-hybridized carbons (Fsp3) is 0.250. The van der Waals surface area contributed by atoms with Gasteiger partial charge in [0.05, 0.1) is 17.1 Å². The first kappa shape index (κ1) is 11.8. The van der Waals surface area contributed by atoms with Crippen LogP contribution in [0.1, 0.15) is 17.0 Å². The van der Waals surface area contributed by atoms with E-state index in [1.54, 1.807) is 12.1 Å². The van der Waals surface area contributed by atoms with E-state index in [4.69, 9.17) is 21.9 Å². The highest BCUT2D eigenvalue weighted by Crippen LogP contribution is 2.24. The van der Waals surface area contributed by atoms with Crippen LogP contribution in [0.5, 0.6) is 0 Å². The summed E-state index contributed by atoms with van der Waals surface area (Å²) in [5.41, 5.74) is 9.28. The van der Waals surface area contributed by atoms with Gasteiger partial charge >= 0.3 is 0 Å². The van der Waals surface area contributed by atoms with E-state index >= 15 is 0 Å². The molecule has 0 bridgehead atoms. The lowest BCUT2D eigenvalue weighted by atomic mass is 10.2. The third kappa shape index (κ3) is 2.53. The molecule has 0 unspecified atom stereocenters. The number of hydrogen-bond donors (Lipinski definition) is 2. The van der Waals surface area contributed by atoms with Crippen LogP contribution >= 0.6 is 11.6 Å². The Bertz CT molecular complexity index is 517. The maximum absolute atomic E-state index is 5.85. The quantitative estimate of drug-likeness (QED) is 0.823. The van der Waals surface area contributed by atoms with E-state index in [-0.39, 0.29) is 0 Å². The van der Waals surface area contributed by atoms with Crippen molar-refractivity contribution in [1.29, 1.82) is 0 Å². The molecule has 0 saturated carbocycles. The minimum atomic E-state index is 0.629. The highest BCUT2D eigenvalue weighted by Gasteiger charge is 2.09. The molecule has 17 heavy (non-hydrogen) atoms. The zero-order valence-electron chi connectivity index (χ0n) is 9.75. The highest BCUT2D eigenvalue weighted by atomic mass is 35.5. The number of hydrogen-bond acceptors (Lipinski definition) is 4. The number of anilines is 2. The minimum absolute atomic E-state index is 0.629. The highest BCUT2D eigenvalue weighted by molar-refractivity contribution is 6.31. The molecule has 0 fully saturated rings. The first-order chi connectivity index (χ1) is 8.08. The van der Waals surface area contributed by atoms with Gasteiger partial charge in [-0.05, 0) is 32.0 Å². The molecule has 1 aromatic carbocycles. The van der Waals surface area contributed by atoms with Gasteiger partial charge in [-0.1, -0.05) is 16.8 Å². The summed E-state index contributed by atoms with van der Waals surface area (Å²) >= 11 is 5.83. The minimum Gasteiger partial charge on any atom is -0.397 e. The summed E-state index contributed by atoms with van der Waals surface area (Å²) in [6, 6.07) is 5.38. The molecule has 0 aliphatic heterocycles. The van der Waals surface area contributed by atoms with Crippen molar-refractivity contribution in [2.75, 3.05) is 11.1 Å². The Labute approximate surface area is 105 Å². The van der Waals surface area contributed by atoms with E-state index in [1.165, 1.54) is 0 Å². The van der Waals surface area contributed by atoms with Gasteiger partial charge in [0, 0.05) is 17.1 Å². The van der Waals surface area contributed by atoms with Crippen LogP contribution in [0, 0.1) is 13.8 Å². The zero-order valence-corrected chi connectivity index (χ0v) is 10.5. The Morgan fingerprint density at radius 3 is 2.76 bits per heavy atom. The summed E-state index contributed by atoms with van der Waals surface area (Å²) in [6.45, 7) is 4.44. The molecule has 2 aromatic rings. The largest absolute Gasteiger partial charge is 0.397 e. The Balaban J connectivity index is 2.13. The Morgan fingerprint density at radius 2 is 2.18 bits per heavy atom. The number of aryl methyl sites for hydroxylation is 2. The van der Waals surface area contributed by atoms with Gasteiger partial charge in [-0.15, -0.1) is 0 Å². The van der Waals surface area contributed by atoms with Crippen molar-refractivity contribution in [2.24, 2.45) is 0 Å². The van der Waals surface area contributed by atoms with Gasteiger partial charge in [-0.3, -0.25) is 0 Å². The third-order valence-electron chi connectivity index (χ3n) is 2.65. The van der Waals surface area contributed by atoms with Crippen molar-refractivity contribution in [1.82, 2.24) is 5.16 Å². The lowest BCUT2D eigenvalue weighted by Gasteiger charge is -2.09. The lowest BCUT2D eigenvalue weighted by Crippen LogP contribution is -2.03. The number of nitrogens with one attached hydrogen (secondary N) is 1. The number of nitrogens with two attached hydrogens (primary N) is 1. The fourth-order valence-corrected chi connectivity index (χ4v) is 1.81. The molecule has 0 aliphatic carbocycles. The zero-order chi connectivity index (χ0) is 12.4. The van der Waals surface area contributed by atoms with Crippen LogP contribution in [0.4, 0.5) is 11.4 Å². The van der Waals surface area contributed by atoms with E-state index in [0.717, 1.165) is 22.7 Å². The van der Waals surface area contributed by atoms with Gasteiger partial charge < -0.3 is 15.6 Å². The van der Waals surface area contributed by atoms with Crippen molar-refractivity contribution < 1.29 is 4.52 Å². The van der Waals surface area contributed by atoms with Crippen LogP contribution in [-0.4, -0.2) is 5.16 Å². The van der Waals surface area contributed by atoms with Crippen LogP contribution in [0.2, 0.25) is 5.02 Å². The topological polar surface area (TPSA) is 64.1 Å². The van der Waals surface area contributed by atoms with Gasteiger partial charge in [-0.2, -0.15) is 0 Å². The predicted octanol–water partition coefficient (Wildman–Crippen LogP) is 3.14. The fourth-order valence-electron chi connectivity index (χ4n) is 1.63. The molecule has 0 spiro atoms. The molecule has 4 nitrogen and oxygen atoms in total. The number of nitrogen functional groups attached to an aromatic ring is 1. The summed E-state index contributed by atoms with van der Waals surface area (Å²) in [6.07, 6.45) is 0. The van der Waals surface area contributed by atoms with E-state index in [2.05, 4.69) is 10.5 Å². The number of rotatable bonds is 3. The number of benzene rings is 1. The molecule has 5 heteroatoms. The first-order valence-electron chi connectivity index (χ1n) is 5.28. The summed E-state index contributed by atoms with van der Waals surface area (Å²) in [4.78, 5) is 0. The van der Waals surface area contributed by atoms with Crippen molar-refractivity contribution in [3.8, 4) is 0 Å².